The minimum atomic E-state index is 0. The quantitative estimate of drug-likeness (QED) is 0.599. The first-order chi connectivity index (χ1) is 3.30. The SMILES string of the molecule is CC(C)[C-]1CNC1.[Y]. The second-order valence-corrected chi connectivity index (χ2v) is 2.42. The minimum Gasteiger partial charge on any atom is -0.375 e. The summed E-state index contributed by atoms with van der Waals surface area (Å²) in [5.74, 6) is 2.47. The number of hydrogen-bond donors (Lipinski definition) is 1. The number of hydrogen-bond acceptors (Lipinski definition) is 1. The van der Waals surface area contributed by atoms with E-state index >= 15 is 0 Å². The van der Waals surface area contributed by atoms with Gasteiger partial charge < -0.3 is 5.32 Å². The molecule has 1 rings (SSSR count). The van der Waals surface area contributed by atoms with E-state index in [0.717, 1.165) is 19.0 Å². The molecule has 1 aliphatic rings. The Balaban J connectivity index is 0.000000490. The van der Waals surface area contributed by atoms with E-state index in [4.69, 9.17) is 0 Å². The van der Waals surface area contributed by atoms with Gasteiger partial charge in [-0.3, -0.25) is 5.92 Å². The standard InChI is InChI=1S/C6H12N.Y/c1-5(2)6-3-7-4-6;/h5,7H,3-4H2,1-2H3;/q-1;. The van der Waals surface area contributed by atoms with Gasteiger partial charge in [0.1, 0.15) is 0 Å². The molecule has 1 heterocycles. The molecule has 1 N–H and O–H groups in total. The first-order valence-corrected chi connectivity index (χ1v) is 2.86. The predicted octanol–water partition coefficient (Wildman–Crippen LogP) is 0.818. The molecule has 0 atom stereocenters. The molecule has 1 saturated heterocycles. The topological polar surface area (TPSA) is 12.0 Å². The van der Waals surface area contributed by atoms with Gasteiger partial charge in [0.15, 0.2) is 0 Å². The average Bonchev–Trinajstić information content (AvgIpc) is 1.23. The molecule has 0 amide bonds. The second-order valence-electron chi connectivity index (χ2n) is 2.42. The first kappa shape index (κ1) is 9.06. The van der Waals surface area contributed by atoms with Crippen molar-refractivity contribution < 1.29 is 32.7 Å². The van der Waals surface area contributed by atoms with E-state index in [2.05, 4.69) is 19.2 Å². The van der Waals surface area contributed by atoms with Crippen LogP contribution in [-0.4, -0.2) is 13.1 Å². The van der Waals surface area contributed by atoms with Gasteiger partial charge in [0.2, 0.25) is 0 Å². The van der Waals surface area contributed by atoms with Crippen molar-refractivity contribution in [3.8, 4) is 0 Å². The van der Waals surface area contributed by atoms with Gasteiger partial charge >= 0.3 is 0 Å². The van der Waals surface area contributed by atoms with Crippen molar-refractivity contribution in [2.45, 2.75) is 13.8 Å². The Kier molecular flexibility index (Phi) is 4.50. The molecule has 8 heavy (non-hydrogen) atoms. The molecule has 1 nitrogen and oxygen atoms in total. The Bertz CT molecular complexity index is 59.5. The van der Waals surface area contributed by atoms with Crippen molar-refractivity contribution in [3.63, 3.8) is 0 Å². The zero-order valence-corrected chi connectivity index (χ0v) is 8.41. The Morgan fingerprint density at radius 3 is 1.88 bits per heavy atom. The monoisotopic (exact) mass is 187 g/mol. The number of rotatable bonds is 1. The van der Waals surface area contributed by atoms with Gasteiger partial charge in [0.05, 0.1) is 0 Å². The fourth-order valence-corrected chi connectivity index (χ4v) is 0.678. The fraction of sp³-hybridized carbons (Fsp3) is 0.833. The van der Waals surface area contributed by atoms with Gasteiger partial charge in [-0.25, -0.2) is 0 Å². The van der Waals surface area contributed by atoms with Crippen LogP contribution in [0.5, 0.6) is 0 Å². The fourth-order valence-electron chi connectivity index (χ4n) is 0.678. The molecule has 45 valence electrons. The van der Waals surface area contributed by atoms with Crippen molar-refractivity contribution in [2.75, 3.05) is 13.1 Å². The van der Waals surface area contributed by atoms with Crippen LogP contribution in [0.15, 0.2) is 0 Å². The summed E-state index contributed by atoms with van der Waals surface area (Å²) in [5, 5.41) is 3.21. The summed E-state index contributed by atoms with van der Waals surface area (Å²) >= 11 is 0. The van der Waals surface area contributed by atoms with Gasteiger partial charge in [0.25, 0.3) is 0 Å². The summed E-state index contributed by atoms with van der Waals surface area (Å²) in [5.41, 5.74) is 0. The van der Waals surface area contributed by atoms with Crippen molar-refractivity contribution in [1.82, 2.24) is 5.32 Å². The van der Waals surface area contributed by atoms with E-state index in [-0.39, 0.29) is 32.7 Å². The van der Waals surface area contributed by atoms with Crippen molar-refractivity contribution >= 4 is 0 Å². The summed E-state index contributed by atoms with van der Waals surface area (Å²) < 4.78 is 0. The Hall–Kier alpha value is 1.06. The molecule has 0 aliphatic carbocycles. The molecule has 0 unspecified atom stereocenters. The zero-order chi connectivity index (χ0) is 5.28. The summed E-state index contributed by atoms with van der Waals surface area (Å²) in [6.07, 6.45) is 0. The van der Waals surface area contributed by atoms with E-state index in [1.165, 1.54) is 0 Å². The molecular formula is C6H12NY-. The molecule has 2 heteroatoms. The van der Waals surface area contributed by atoms with Crippen LogP contribution >= 0.6 is 0 Å². The van der Waals surface area contributed by atoms with Crippen LogP contribution in [0.3, 0.4) is 0 Å². The summed E-state index contributed by atoms with van der Waals surface area (Å²) in [6, 6.07) is 0. The molecule has 1 radical (unpaired) electrons. The molecule has 1 fully saturated rings. The summed E-state index contributed by atoms with van der Waals surface area (Å²) in [6.45, 7) is 6.82. The summed E-state index contributed by atoms with van der Waals surface area (Å²) in [4.78, 5) is 0. The van der Waals surface area contributed by atoms with E-state index in [1.54, 1.807) is 5.92 Å². The van der Waals surface area contributed by atoms with Gasteiger partial charge in [-0.05, 0) is 0 Å². The van der Waals surface area contributed by atoms with Gasteiger partial charge in [-0.1, -0.05) is 13.8 Å². The predicted molar refractivity (Wildman–Crippen MR) is 31.0 cm³/mol. The molecule has 0 aromatic heterocycles. The van der Waals surface area contributed by atoms with Crippen molar-refractivity contribution in [3.05, 3.63) is 5.92 Å². The van der Waals surface area contributed by atoms with Crippen LogP contribution in [0.4, 0.5) is 0 Å². The van der Waals surface area contributed by atoms with Crippen LogP contribution in [0.1, 0.15) is 13.8 Å². The molecule has 0 saturated carbocycles. The number of nitrogens with one attached hydrogen (secondary N) is 1. The Morgan fingerprint density at radius 1 is 1.38 bits per heavy atom. The van der Waals surface area contributed by atoms with Gasteiger partial charge in [-0.15, -0.1) is 13.1 Å². The zero-order valence-electron chi connectivity index (χ0n) is 5.57. The average molecular weight is 187 g/mol. The largest absolute Gasteiger partial charge is 0.375 e. The van der Waals surface area contributed by atoms with Crippen molar-refractivity contribution in [2.24, 2.45) is 5.92 Å². The summed E-state index contributed by atoms with van der Waals surface area (Å²) in [7, 11) is 0. The van der Waals surface area contributed by atoms with E-state index in [1.807, 2.05) is 0 Å². The third-order valence-electron chi connectivity index (χ3n) is 1.52. The minimum absolute atomic E-state index is 0. The van der Waals surface area contributed by atoms with Crippen LogP contribution in [0.25, 0.3) is 0 Å². The first-order valence-electron chi connectivity index (χ1n) is 2.86. The van der Waals surface area contributed by atoms with E-state index < -0.39 is 0 Å². The van der Waals surface area contributed by atoms with Crippen molar-refractivity contribution in [1.29, 1.82) is 0 Å². The molecular weight excluding hydrogens is 175 g/mol. The Morgan fingerprint density at radius 2 is 1.88 bits per heavy atom. The Labute approximate surface area is 76.5 Å². The van der Waals surface area contributed by atoms with Gasteiger partial charge in [-0.2, -0.15) is 5.92 Å². The maximum Gasteiger partial charge on any atom is 0 e. The molecule has 0 aromatic rings. The third-order valence-corrected chi connectivity index (χ3v) is 1.52. The van der Waals surface area contributed by atoms with Crippen LogP contribution < -0.4 is 5.32 Å². The van der Waals surface area contributed by atoms with Crippen LogP contribution in [0, 0.1) is 11.8 Å². The van der Waals surface area contributed by atoms with Crippen LogP contribution in [0.2, 0.25) is 0 Å². The smallest absolute Gasteiger partial charge is 0 e. The molecule has 0 bridgehead atoms. The van der Waals surface area contributed by atoms with Crippen LogP contribution in [-0.2, 0) is 32.7 Å². The second kappa shape index (κ2) is 3.97. The molecule has 1 aliphatic heterocycles. The van der Waals surface area contributed by atoms with E-state index in [0.29, 0.717) is 0 Å². The maximum absolute atomic E-state index is 3.21. The maximum atomic E-state index is 3.21. The molecule has 0 spiro atoms. The third kappa shape index (κ3) is 2.12. The molecule has 0 aromatic carbocycles. The normalized spacial score (nSPS) is 19.9. The van der Waals surface area contributed by atoms with E-state index in [9.17, 15) is 0 Å². The van der Waals surface area contributed by atoms with Gasteiger partial charge in [0, 0.05) is 32.7 Å².